The maximum absolute atomic E-state index is 5.57. The molecule has 0 bridgehead atoms. The maximum atomic E-state index is 5.57. The summed E-state index contributed by atoms with van der Waals surface area (Å²) in [4.78, 5) is 0. The van der Waals surface area contributed by atoms with E-state index in [-0.39, 0.29) is 0 Å². The molecule has 0 aliphatic heterocycles. The Labute approximate surface area is 201 Å². The number of allylic oxidation sites excluding steroid dienone is 2. The Bertz CT molecular complexity index is 925. The molecule has 0 aromatic heterocycles. The topological polar surface area (TPSA) is 9.23 Å². The lowest BCUT2D eigenvalue weighted by Gasteiger charge is -2.28. The van der Waals surface area contributed by atoms with Gasteiger partial charge in [0, 0.05) is 5.56 Å². The summed E-state index contributed by atoms with van der Waals surface area (Å²) in [6, 6.07) is 17.8. The summed E-state index contributed by atoms with van der Waals surface area (Å²) in [5, 5.41) is 0. The summed E-state index contributed by atoms with van der Waals surface area (Å²) < 4.78 is 5.57. The summed E-state index contributed by atoms with van der Waals surface area (Å²) in [7, 11) is 0. The van der Waals surface area contributed by atoms with Gasteiger partial charge in [0.15, 0.2) is 0 Å². The van der Waals surface area contributed by atoms with E-state index < -0.39 is 0 Å². The van der Waals surface area contributed by atoms with Crippen molar-refractivity contribution in [2.45, 2.75) is 83.5 Å². The largest absolute Gasteiger partial charge is 0.494 e. The highest BCUT2D eigenvalue weighted by molar-refractivity contribution is 5.39. The first-order chi connectivity index (χ1) is 16.2. The Morgan fingerprint density at radius 2 is 1.33 bits per heavy atom. The molecule has 0 N–H and O–H groups in total. The Morgan fingerprint density at radius 1 is 0.758 bits per heavy atom. The molecule has 0 radical (unpaired) electrons. The van der Waals surface area contributed by atoms with Crippen molar-refractivity contribution in [3.8, 4) is 17.6 Å². The summed E-state index contributed by atoms with van der Waals surface area (Å²) in [6.07, 6.45) is 16.3. The number of ether oxygens (including phenoxy) is 1. The Morgan fingerprint density at radius 3 is 1.91 bits per heavy atom. The third-order valence-electron chi connectivity index (χ3n) is 7.91. The minimum absolute atomic E-state index is 0.666. The van der Waals surface area contributed by atoms with E-state index in [4.69, 9.17) is 4.74 Å². The number of benzene rings is 2. The van der Waals surface area contributed by atoms with Crippen molar-refractivity contribution >= 4 is 0 Å². The molecule has 0 spiro atoms. The summed E-state index contributed by atoms with van der Waals surface area (Å²) in [6.45, 7) is 5.09. The van der Waals surface area contributed by atoms with Gasteiger partial charge in [-0.2, -0.15) is 0 Å². The lowest BCUT2D eigenvalue weighted by Crippen LogP contribution is -2.12. The van der Waals surface area contributed by atoms with E-state index in [9.17, 15) is 0 Å². The molecule has 0 atom stereocenters. The highest BCUT2D eigenvalue weighted by Crippen LogP contribution is 2.38. The first-order valence-electron chi connectivity index (χ1n) is 13.3. The van der Waals surface area contributed by atoms with Crippen LogP contribution < -0.4 is 4.74 Å². The maximum Gasteiger partial charge on any atom is 0.119 e. The van der Waals surface area contributed by atoms with Gasteiger partial charge in [-0.1, -0.05) is 55.5 Å². The van der Waals surface area contributed by atoms with Crippen molar-refractivity contribution < 1.29 is 4.74 Å². The molecule has 4 rings (SSSR count). The zero-order valence-electron chi connectivity index (χ0n) is 20.6. The van der Waals surface area contributed by atoms with Crippen LogP contribution >= 0.6 is 0 Å². The van der Waals surface area contributed by atoms with E-state index in [1.807, 2.05) is 6.92 Å². The number of rotatable bonds is 6. The molecule has 0 amide bonds. The third-order valence-corrected chi connectivity index (χ3v) is 7.91. The molecule has 2 saturated carbocycles. The van der Waals surface area contributed by atoms with Crippen LogP contribution in [-0.4, -0.2) is 6.61 Å². The molecule has 0 heterocycles. The highest BCUT2D eigenvalue weighted by atomic mass is 16.5. The molecule has 1 heteroatoms. The minimum atomic E-state index is 0.666. The van der Waals surface area contributed by atoms with Crippen molar-refractivity contribution in [1.29, 1.82) is 0 Å². The van der Waals surface area contributed by atoms with Gasteiger partial charge >= 0.3 is 0 Å². The Kier molecular flexibility index (Phi) is 8.71. The number of hydrogen-bond donors (Lipinski definition) is 0. The van der Waals surface area contributed by atoms with Crippen molar-refractivity contribution in [3.05, 3.63) is 77.4 Å². The molecule has 1 nitrogen and oxygen atoms in total. The molecule has 2 aromatic carbocycles. The van der Waals surface area contributed by atoms with Gasteiger partial charge in [-0.3, -0.25) is 0 Å². The quantitative estimate of drug-likeness (QED) is 0.408. The van der Waals surface area contributed by atoms with Crippen LogP contribution in [0, 0.1) is 23.7 Å². The molecule has 174 valence electrons. The van der Waals surface area contributed by atoms with Crippen molar-refractivity contribution in [2.24, 2.45) is 11.8 Å². The van der Waals surface area contributed by atoms with Gasteiger partial charge in [0.25, 0.3) is 0 Å². The standard InChI is InChI=1S/C32H40O/c1-3-25-9-15-28(16-10-25)29-17-11-26(12-18-29)7-5-6-8-27-13-19-30(20-14-27)31-21-23-32(24-22-31)33-4-2/h6,8,11-12,17-18,21-25,27-28,30H,3-4,9-10,13-16,19-20H2,1-2H3/b8-6+. The van der Waals surface area contributed by atoms with Crippen LogP contribution in [-0.2, 0) is 0 Å². The average Bonchev–Trinajstić information content (AvgIpc) is 2.88. The van der Waals surface area contributed by atoms with Crippen LogP contribution in [0.3, 0.4) is 0 Å². The van der Waals surface area contributed by atoms with Gasteiger partial charge in [-0.05, 0) is 123 Å². The average molecular weight is 441 g/mol. The molecule has 2 aromatic rings. The second-order valence-electron chi connectivity index (χ2n) is 9.99. The second-order valence-corrected chi connectivity index (χ2v) is 9.99. The van der Waals surface area contributed by atoms with Gasteiger partial charge in [0.05, 0.1) is 6.61 Å². The van der Waals surface area contributed by atoms with E-state index in [0.29, 0.717) is 11.8 Å². The van der Waals surface area contributed by atoms with Crippen molar-refractivity contribution in [2.75, 3.05) is 6.61 Å². The molecule has 33 heavy (non-hydrogen) atoms. The van der Waals surface area contributed by atoms with Crippen LogP contribution in [0.25, 0.3) is 0 Å². The van der Waals surface area contributed by atoms with E-state index in [1.54, 1.807) is 0 Å². The van der Waals surface area contributed by atoms with Gasteiger partial charge in [-0.25, -0.2) is 0 Å². The number of hydrogen-bond acceptors (Lipinski definition) is 1. The van der Waals surface area contributed by atoms with Gasteiger partial charge < -0.3 is 4.74 Å². The predicted octanol–water partition coefficient (Wildman–Crippen LogP) is 8.65. The second kappa shape index (κ2) is 12.1. The zero-order chi connectivity index (χ0) is 22.9. The fourth-order valence-corrected chi connectivity index (χ4v) is 5.70. The third kappa shape index (κ3) is 6.77. The fourth-order valence-electron chi connectivity index (χ4n) is 5.70. The molecule has 2 fully saturated rings. The molecular weight excluding hydrogens is 400 g/mol. The monoisotopic (exact) mass is 440 g/mol. The van der Waals surface area contributed by atoms with Gasteiger partial charge in [-0.15, -0.1) is 0 Å². The lowest BCUT2D eigenvalue weighted by atomic mass is 9.78. The first kappa shape index (κ1) is 23.7. The van der Waals surface area contributed by atoms with Crippen molar-refractivity contribution in [3.63, 3.8) is 0 Å². The van der Waals surface area contributed by atoms with Gasteiger partial charge in [0.2, 0.25) is 0 Å². The lowest BCUT2D eigenvalue weighted by molar-refractivity contribution is 0.319. The molecule has 0 unspecified atom stereocenters. The van der Waals surface area contributed by atoms with Crippen molar-refractivity contribution in [1.82, 2.24) is 0 Å². The van der Waals surface area contributed by atoms with E-state index >= 15 is 0 Å². The van der Waals surface area contributed by atoms with E-state index in [1.165, 1.54) is 68.9 Å². The fraction of sp³-hybridized carbons (Fsp3) is 0.500. The zero-order valence-corrected chi connectivity index (χ0v) is 20.6. The molecule has 2 aliphatic carbocycles. The van der Waals surface area contributed by atoms with Crippen LogP contribution in [0.5, 0.6) is 5.75 Å². The van der Waals surface area contributed by atoms with Crippen LogP contribution in [0.15, 0.2) is 60.7 Å². The van der Waals surface area contributed by atoms with Gasteiger partial charge in [0.1, 0.15) is 5.75 Å². The Hall–Kier alpha value is -2.46. The minimum Gasteiger partial charge on any atom is -0.494 e. The molecular formula is C32H40O. The SMILES string of the molecule is CCOc1ccc(C2CCC(/C=C/C#Cc3ccc(C4CCC(CC)CC4)cc3)CC2)cc1. The van der Waals surface area contributed by atoms with Crippen LogP contribution in [0.1, 0.15) is 100 Å². The molecule has 2 aliphatic rings. The summed E-state index contributed by atoms with van der Waals surface area (Å²) in [5.41, 5.74) is 4.10. The highest BCUT2D eigenvalue weighted by Gasteiger charge is 2.21. The first-order valence-corrected chi connectivity index (χ1v) is 13.3. The van der Waals surface area contributed by atoms with Crippen LogP contribution in [0.4, 0.5) is 0 Å². The summed E-state index contributed by atoms with van der Waals surface area (Å²) >= 11 is 0. The smallest absolute Gasteiger partial charge is 0.119 e. The summed E-state index contributed by atoms with van der Waals surface area (Å²) in [5.74, 6) is 10.7. The predicted molar refractivity (Wildman–Crippen MR) is 140 cm³/mol. The van der Waals surface area contributed by atoms with Crippen LogP contribution in [0.2, 0.25) is 0 Å². The van der Waals surface area contributed by atoms with E-state index in [0.717, 1.165) is 29.8 Å². The normalized spacial score (nSPS) is 25.4. The Balaban J connectivity index is 1.22. The molecule has 0 saturated heterocycles. The van der Waals surface area contributed by atoms with E-state index in [2.05, 4.69) is 79.4 Å².